The molecule has 0 aliphatic carbocycles. The number of carbonyl (C=O) groups is 1. The minimum Gasteiger partial charge on any atom is -0.328 e. The molecule has 1 amide bonds. The van der Waals surface area contributed by atoms with Gasteiger partial charge in [0.2, 0.25) is 0 Å². The Labute approximate surface area is 85.0 Å². The van der Waals surface area contributed by atoms with E-state index < -0.39 is 0 Å². The third kappa shape index (κ3) is 1.64. The summed E-state index contributed by atoms with van der Waals surface area (Å²) in [6, 6.07) is 1.87. The molecule has 1 aliphatic heterocycles. The smallest absolute Gasteiger partial charge is 0.257 e. The third-order valence-corrected chi connectivity index (χ3v) is 4.13. The Kier molecular flexibility index (Phi) is 2.42. The van der Waals surface area contributed by atoms with Gasteiger partial charge in [0.25, 0.3) is 5.91 Å². The van der Waals surface area contributed by atoms with E-state index in [0.29, 0.717) is 0 Å². The summed E-state index contributed by atoms with van der Waals surface area (Å²) in [5.41, 5.74) is 0.801. The van der Waals surface area contributed by atoms with Crippen molar-refractivity contribution in [1.82, 2.24) is 5.32 Å². The molecule has 1 aliphatic rings. The predicted octanol–water partition coefficient (Wildman–Crippen LogP) is 2.84. The van der Waals surface area contributed by atoms with Gasteiger partial charge >= 0.3 is 0 Å². The van der Waals surface area contributed by atoms with Crippen LogP contribution in [0.1, 0.15) is 23.7 Å². The number of fused-ring (bicyclic) bond motifs is 1. The molecule has 0 radical (unpaired) electrons. The molecule has 0 atom stereocenters. The van der Waals surface area contributed by atoms with Gasteiger partial charge in [0.15, 0.2) is 0 Å². The van der Waals surface area contributed by atoms with Crippen molar-refractivity contribution < 1.29 is 4.79 Å². The first-order valence-electron chi connectivity index (χ1n) is 4.06. The topological polar surface area (TPSA) is 29.1 Å². The van der Waals surface area contributed by atoms with Crippen LogP contribution in [0.2, 0.25) is 0 Å². The zero-order valence-electron chi connectivity index (χ0n) is 7.16. The molecule has 13 heavy (non-hydrogen) atoms. The van der Waals surface area contributed by atoms with Gasteiger partial charge in [-0.2, -0.15) is 0 Å². The second-order valence-electron chi connectivity index (χ2n) is 2.66. The number of thiophene rings is 1. The Morgan fingerprint density at radius 3 is 3.15 bits per heavy atom. The van der Waals surface area contributed by atoms with E-state index >= 15 is 0 Å². The average Bonchev–Trinajstić information content (AvgIpc) is 2.54. The number of nitrogens with one attached hydrogen (secondary N) is 1. The molecule has 0 unspecified atom stereocenters. The molecular formula is C9H9NOS2. The molecule has 0 spiro atoms. The van der Waals surface area contributed by atoms with E-state index in [4.69, 9.17) is 0 Å². The molecule has 1 aromatic heterocycles. The standard InChI is InChI=1S/C9H9NOS2/c1-2-6-5-10-8(11)7-3-4-12-9(7)13-6/h3-5H,2H2,1H3,(H,10,11). The summed E-state index contributed by atoms with van der Waals surface area (Å²) in [7, 11) is 0. The number of rotatable bonds is 1. The van der Waals surface area contributed by atoms with E-state index in [-0.39, 0.29) is 5.91 Å². The van der Waals surface area contributed by atoms with Crippen LogP contribution in [-0.2, 0) is 0 Å². The highest BCUT2D eigenvalue weighted by Gasteiger charge is 2.16. The molecule has 2 heterocycles. The number of hydrogen-bond acceptors (Lipinski definition) is 3. The van der Waals surface area contributed by atoms with Crippen molar-refractivity contribution in [3.05, 3.63) is 28.1 Å². The highest BCUT2D eigenvalue weighted by atomic mass is 32.2. The molecule has 68 valence electrons. The first-order chi connectivity index (χ1) is 6.31. The normalized spacial score (nSPS) is 15.8. The highest BCUT2D eigenvalue weighted by Crippen LogP contribution is 2.36. The maximum atomic E-state index is 11.5. The Morgan fingerprint density at radius 1 is 1.54 bits per heavy atom. The maximum absolute atomic E-state index is 11.5. The molecule has 4 heteroatoms. The molecule has 0 bridgehead atoms. The maximum Gasteiger partial charge on any atom is 0.257 e. The summed E-state index contributed by atoms with van der Waals surface area (Å²) in [4.78, 5) is 12.7. The van der Waals surface area contributed by atoms with Gasteiger partial charge < -0.3 is 5.32 Å². The van der Waals surface area contributed by atoms with Gasteiger partial charge in [-0.15, -0.1) is 11.3 Å². The Bertz CT molecular complexity index is 367. The van der Waals surface area contributed by atoms with Crippen LogP contribution in [0.4, 0.5) is 0 Å². The monoisotopic (exact) mass is 211 g/mol. The first-order valence-corrected chi connectivity index (χ1v) is 5.76. The third-order valence-electron chi connectivity index (χ3n) is 1.81. The summed E-state index contributed by atoms with van der Waals surface area (Å²) in [5, 5.41) is 4.73. The van der Waals surface area contributed by atoms with Gasteiger partial charge in [-0.05, 0) is 17.9 Å². The number of hydrogen-bond donors (Lipinski definition) is 1. The van der Waals surface area contributed by atoms with Crippen LogP contribution in [0.25, 0.3) is 0 Å². The molecule has 2 nitrogen and oxygen atoms in total. The molecule has 0 saturated heterocycles. The second kappa shape index (κ2) is 3.55. The lowest BCUT2D eigenvalue weighted by atomic mass is 10.3. The summed E-state index contributed by atoms with van der Waals surface area (Å²) < 4.78 is 1.10. The molecule has 1 aromatic rings. The van der Waals surface area contributed by atoms with Crippen LogP contribution in [0.15, 0.2) is 26.8 Å². The molecule has 0 aromatic carbocycles. The van der Waals surface area contributed by atoms with Crippen LogP contribution in [-0.4, -0.2) is 5.91 Å². The van der Waals surface area contributed by atoms with Crippen molar-refractivity contribution >= 4 is 29.0 Å². The van der Waals surface area contributed by atoms with E-state index in [1.165, 1.54) is 4.91 Å². The Balaban J connectivity index is 2.39. The Morgan fingerprint density at radius 2 is 2.38 bits per heavy atom. The lowest BCUT2D eigenvalue weighted by Gasteiger charge is -1.97. The van der Waals surface area contributed by atoms with Crippen LogP contribution in [0.3, 0.4) is 0 Å². The number of amides is 1. The molecular weight excluding hydrogens is 202 g/mol. The lowest BCUT2D eigenvalue weighted by molar-refractivity contribution is 0.0968. The minimum absolute atomic E-state index is 0.00667. The largest absolute Gasteiger partial charge is 0.328 e. The molecule has 1 N–H and O–H groups in total. The Hall–Kier alpha value is -0.740. The predicted molar refractivity (Wildman–Crippen MR) is 56.0 cm³/mol. The number of allylic oxidation sites excluding steroid dienone is 1. The van der Waals surface area contributed by atoms with Crippen molar-refractivity contribution in [2.75, 3.05) is 0 Å². The average molecular weight is 211 g/mol. The fourth-order valence-corrected chi connectivity index (χ4v) is 3.16. The fourth-order valence-electron chi connectivity index (χ4n) is 1.09. The van der Waals surface area contributed by atoms with E-state index in [0.717, 1.165) is 16.2 Å². The molecule has 0 saturated carbocycles. The van der Waals surface area contributed by atoms with Gasteiger partial charge in [0.05, 0.1) is 9.77 Å². The quantitative estimate of drug-likeness (QED) is 0.774. The highest BCUT2D eigenvalue weighted by molar-refractivity contribution is 8.04. The van der Waals surface area contributed by atoms with Crippen molar-refractivity contribution in [2.24, 2.45) is 0 Å². The van der Waals surface area contributed by atoms with Gasteiger partial charge in [0.1, 0.15) is 0 Å². The number of thioether (sulfide) groups is 1. The summed E-state index contributed by atoms with van der Waals surface area (Å²) in [6.07, 6.45) is 2.77. The van der Waals surface area contributed by atoms with Crippen LogP contribution in [0, 0.1) is 0 Å². The van der Waals surface area contributed by atoms with Gasteiger partial charge in [-0.25, -0.2) is 0 Å². The first kappa shape index (κ1) is 8.84. The van der Waals surface area contributed by atoms with Crippen LogP contribution in [0.5, 0.6) is 0 Å². The van der Waals surface area contributed by atoms with Crippen molar-refractivity contribution in [2.45, 2.75) is 17.6 Å². The van der Waals surface area contributed by atoms with E-state index in [2.05, 4.69) is 12.2 Å². The van der Waals surface area contributed by atoms with Crippen molar-refractivity contribution in [1.29, 1.82) is 0 Å². The van der Waals surface area contributed by atoms with Crippen molar-refractivity contribution in [3.8, 4) is 0 Å². The van der Waals surface area contributed by atoms with E-state index in [9.17, 15) is 4.79 Å². The fraction of sp³-hybridized carbons (Fsp3) is 0.222. The number of carbonyl (C=O) groups excluding carboxylic acids is 1. The summed E-state index contributed by atoms with van der Waals surface area (Å²) >= 11 is 3.31. The minimum atomic E-state index is 0.00667. The second-order valence-corrected chi connectivity index (χ2v) is 4.97. The zero-order chi connectivity index (χ0) is 9.26. The molecule has 2 rings (SSSR count). The zero-order valence-corrected chi connectivity index (χ0v) is 8.80. The van der Waals surface area contributed by atoms with Crippen LogP contribution >= 0.6 is 23.1 Å². The van der Waals surface area contributed by atoms with Gasteiger partial charge in [-0.3, -0.25) is 4.79 Å². The van der Waals surface area contributed by atoms with Crippen LogP contribution < -0.4 is 5.32 Å². The van der Waals surface area contributed by atoms with E-state index in [1.54, 1.807) is 29.3 Å². The summed E-state index contributed by atoms with van der Waals surface area (Å²) in [6.45, 7) is 2.09. The van der Waals surface area contributed by atoms with Gasteiger partial charge in [-0.1, -0.05) is 18.7 Å². The SMILES string of the molecule is CCC1=CNC(=O)c2ccsc2S1. The van der Waals surface area contributed by atoms with Gasteiger partial charge in [0, 0.05) is 11.1 Å². The van der Waals surface area contributed by atoms with Crippen molar-refractivity contribution in [3.63, 3.8) is 0 Å². The lowest BCUT2D eigenvalue weighted by Crippen LogP contribution is -2.15. The summed E-state index contributed by atoms with van der Waals surface area (Å²) in [5.74, 6) is 0.00667. The molecule has 0 fully saturated rings. The van der Waals surface area contributed by atoms with E-state index in [1.807, 2.05) is 11.4 Å².